The zero-order valence-electron chi connectivity index (χ0n) is 12.4. The van der Waals surface area contributed by atoms with E-state index in [2.05, 4.69) is 0 Å². The van der Waals surface area contributed by atoms with E-state index in [1.807, 2.05) is 31.2 Å². The molecule has 2 aromatic rings. The van der Waals surface area contributed by atoms with Crippen LogP contribution in [-0.2, 0) is 6.42 Å². The van der Waals surface area contributed by atoms with Crippen molar-refractivity contribution < 1.29 is 9.59 Å². The second-order valence-corrected chi connectivity index (χ2v) is 6.51. The Morgan fingerprint density at radius 1 is 1.32 bits per heavy atom. The van der Waals surface area contributed by atoms with Crippen molar-refractivity contribution in [2.45, 2.75) is 19.4 Å². The fraction of sp³-hybridized carbons (Fsp3) is 0.250. The van der Waals surface area contributed by atoms with E-state index < -0.39 is 5.91 Å². The Morgan fingerprint density at radius 2 is 1.95 bits per heavy atom. The molecule has 0 aliphatic carbocycles. The lowest BCUT2D eigenvalue weighted by Gasteiger charge is -2.24. The van der Waals surface area contributed by atoms with Crippen LogP contribution in [0.5, 0.6) is 0 Å². The van der Waals surface area contributed by atoms with E-state index in [9.17, 15) is 9.59 Å². The number of carbonyl (C=O) groups is 2. The molecule has 2 amide bonds. The Balaban J connectivity index is 2.05. The highest BCUT2D eigenvalue weighted by Crippen LogP contribution is 2.19. The van der Waals surface area contributed by atoms with E-state index in [1.165, 1.54) is 11.3 Å². The maximum Gasteiger partial charge on any atom is 0.263 e. The van der Waals surface area contributed by atoms with Gasteiger partial charge in [0.05, 0.1) is 10.4 Å². The first-order valence-electron chi connectivity index (χ1n) is 6.78. The van der Waals surface area contributed by atoms with Crippen LogP contribution in [-0.4, -0.2) is 29.8 Å². The average Bonchev–Trinajstić information content (AvgIpc) is 2.98. The molecular formula is C16H17ClN2O2S. The molecule has 22 heavy (non-hydrogen) atoms. The molecule has 2 rings (SSSR count). The van der Waals surface area contributed by atoms with Crippen LogP contribution in [0.3, 0.4) is 0 Å². The number of hydrogen-bond donors (Lipinski definition) is 1. The molecule has 0 saturated carbocycles. The molecule has 0 bridgehead atoms. The summed E-state index contributed by atoms with van der Waals surface area (Å²) in [6.45, 7) is 1.98. The lowest BCUT2D eigenvalue weighted by atomic mass is 10.1. The summed E-state index contributed by atoms with van der Waals surface area (Å²) in [5.41, 5.74) is 6.69. The van der Waals surface area contributed by atoms with E-state index in [0.717, 1.165) is 12.0 Å². The van der Waals surface area contributed by atoms with Crippen molar-refractivity contribution in [1.82, 2.24) is 4.90 Å². The van der Waals surface area contributed by atoms with Crippen molar-refractivity contribution in [2.75, 3.05) is 7.05 Å². The number of rotatable bonds is 5. The zero-order valence-corrected chi connectivity index (χ0v) is 13.9. The number of hydrogen-bond acceptors (Lipinski definition) is 3. The second kappa shape index (κ2) is 6.94. The van der Waals surface area contributed by atoms with E-state index in [1.54, 1.807) is 23.4 Å². The monoisotopic (exact) mass is 336 g/mol. The van der Waals surface area contributed by atoms with Gasteiger partial charge in [0.15, 0.2) is 0 Å². The second-order valence-electron chi connectivity index (χ2n) is 5.16. The Bertz CT molecular complexity index is 682. The highest BCUT2D eigenvalue weighted by atomic mass is 35.5. The summed E-state index contributed by atoms with van der Waals surface area (Å²) >= 11 is 7.10. The van der Waals surface area contributed by atoms with Gasteiger partial charge in [-0.2, -0.15) is 0 Å². The molecule has 1 heterocycles. The summed E-state index contributed by atoms with van der Waals surface area (Å²) in [5, 5.41) is 2.30. The Morgan fingerprint density at radius 3 is 2.50 bits per heavy atom. The predicted molar refractivity (Wildman–Crippen MR) is 89.5 cm³/mol. The van der Waals surface area contributed by atoms with Crippen LogP contribution >= 0.6 is 22.9 Å². The van der Waals surface area contributed by atoms with Gasteiger partial charge in [-0.15, -0.1) is 11.3 Å². The molecule has 1 aromatic carbocycles. The number of likely N-dealkylation sites (N-methyl/N-ethyl adjacent to an activating group) is 1. The van der Waals surface area contributed by atoms with Crippen molar-refractivity contribution in [1.29, 1.82) is 0 Å². The lowest BCUT2D eigenvalue weighted by molar-refractivity contribution is 0.0748. The normalized spacial score (nSPS) is 12.0. The molecule has 0 aliphatic heterocycles. The Kier molecular flexibility index (Phi) is 5.21. The van der Waals surface area contributed by atoms with Crippen molar-refractivity contribution in [2.24, 2.45) is 5.73 Å². The summed E-state index contributed by atoms with van der Waals surface area (Å²) in [4.78, 5) is 25.7. The molecule has 0 radical (unpaired) electrons. The average molecular weight is 337 g/mol. The van der Waals surface area contributed by atoms with Gasteiger partial charge in [-0.1, -0.05) is 23.7 Å². The zero-order chi connectivity index (χ0) is 16.3. The summed E-state index contributed by atoms with van der Waals surface area (Å²) in [7, 11) is 1.76. The third-order valence-electron chi connectivity index (χ3n) is 3.52. The Labute approximate surface area is 138 Å². The Hall–Kier alpha value is -1.85. The number of thiophene rings is 1. The van der Waals surface area contributed by atoms with Crippen LogP contribution in [0.2, 0.25) is 5.02 Å². The van der Waals surface area contributed by atoms with Gasteiger partial charge in [0.1, 0.15) is 0 Å². The minimum absolute atomic E-state index is 0.0211. The predicted octanol–water partition coefficient (Wildman–Crippen LogP) is 3.20. The number of nitrogens with zero attached hydrogens (tertiary/aromatic N) is 1. The largest absolute Gasteiger partial charge is 0.366 e. The molecule has 6 heteroatoms. The van der Waals surface area contributed by atoms with Gasteiger partial charge in [0.25, 0.3) is 5.91 Å². The summed E-state index contributed by atoms with van der Waals surface area (Å²) in [5.74, 6) is -0.633. The van der Waals surface area contributed by atoms with Gasteiger partial charge < -0.3 is 10.6 Å². The van der Waals surface area contributed by atoms with E-state index in [-0.39, 0.29) is 11.9 Å². The number of halogens is 1. The minimum atomic E-state index is -0.521. The molecular weight excluding hydrogens is 320 g/mol. The number of carbonyl (C=O) groups excluding carboxylic acids is 2. The van der Waals surface area contributed by atoms with E-state index in [0.29, 0.717) is 15.5 Å². The van der Waals surface area contributed by atoms with Crippen LogP contribution in [0.25, 0.3) is 0 Å². The fourth-order valence-electron chi connectivity index (χ4n) is 2.05. The molecule has 0 aliphatic rings. The molecule has 4 nitrogen and oxygen atoms in total. The minimum Gasteiger partial charge on any atom is -0.366 e. The van der Waals surface area contributed by atoms with E-state index in [4.69, 9.17) is 17.3 Å². The van der Waals surface area contributed by atoms with Crippen LogP contribution in [0.15, 0.2) is 35.7 Å². The van der Waals surface area contributed by atoms with Crippen LogP contribution < -0.4 is 5.73 Å². The third kappa shape index (κ3) is 3.87. The smallest absolute Gasteiger partial charge is 0.263 e. The summed E-state index contributed by atoms with van der Waals surface area (Å²) < 4.78 is 0. The maximum absolute atomic E-state index is 12.4. The first kappa shape index (κ1) is 16.5. The molecule has 0 saturated heterocycles. The van der Waals surface area contributed by atoms with Gasteiger partial charge in [-0.3, -0.25) is 9.59 Å². The van der Waals surface area contributed by atoms with Gasteiger partial charge in [-0.25, -0.2) is 0 Å². The molecule has 0 unspecified atom stereocenters. The molecule has 116 valence electrons. The molecule has 0 fully saturated rings. The number of nitrogens with two attached hydrogens (primary N) is 1. The van der Waals surface area contributed by atoms with Gasteiger partial charge in [-0.05, 0) is 37.1 Å². The van der Waals surface area contributed by atoms with Crippen LogP contribution in [0, 0.1) is 0 Å². The van der Waals surface area contributed by atoms with Crippen molar-refractivity contribution >= 4 is 34.8 Å². The number of primary amides is 1. The van der Waals surface area contributed by atoms with Crippen LogP contribution in [0.4, 0.5) is 0 Å². The van der Waals surface area contributed by atoms with Crippen LogP contribution in [0.1, 0.15) is 32.5 Å². The molecule has 2 N–H and O–H groups in total. The van der Waals surface area contributed by atoms with Crippen molar-refractivity contribution in [3.63, 3.8) is 0 Å². The molecule has 1 atom stereocenters. The lowest BCUT2D eigenvalue weighted by Crippen LogP contribution is -2.36. The highest BCUT2D eigenvalue weighted by molar-refractivity contribution is 7.12. The first-order valence-corrected chi connectivity index (χ1v) is 8.04. The number of benzene rings is 1. The standard InChI is InChI=1S/C16H17ClN2O2S/c1-10(7-11-3-5-13(17)6-4-11)19(2)16(21)14-8-12(9-22-14)15(18)20/h3-6,8-10H,7H2,1-2H3,(H2,18,20)/t10-/m0/s1. The van der Waals surface area contributed by atoms with Gasteiger partial charge >= 0.3 is 0 Å². The van der Waals surface area contributed by atoms with E-state index >= 15 is 0 Å². The molecule has 0 spiro atoms. The van der Waals surface area contributed by atoms with Crippen molar-refractivity contribution in [3.05, 3.63) is 56.7 Å². The van der Waals surface area contributed by atoms with Crippen molar-refractivity contribution in [3.8, 4) is 0 Å². The quantitative estimate of drug-likeness (QED) is 0.911. The summed E-state index contributed by atoms with van der Waals surface area (Å²) in [6.07, 6.45) is 0.730. The number of amides is 2. The molecule has 1 aromatic heterocycles. The topological polar surface area (TPSA) is 63.4 Å². The van der Waals surface area contributed by atoms with Gasteiger partial charge in [0.2, 0.25) is 5.91 Å². The maximum atomic E-state index is 12.4. The summed E-state index contributed by atoms with van der Waals surface area (Å²) in [6, 6.07) is 9.14. The SMILES string of the molecule is C[C@@H](Cc1ccc(Cl)cc1)N(C)C(=O)c1cc(C(N)=O)cs1. The van der Waals surface area contributed by atoms with Gasteiger partial charge in [0, 0.05) is 23.5 Å². The highest BCUT2D eigenvalue weighted by Gasteiger charge is 2.20. The first-order chi connectivity index (χ1) is 10.4. The fourth-order valence-corrected chi connectivity index (χ4v) is 3.05. The third-order valence-corrected chi connectivity index (χ3v) is 4.69.